The van der Waals surface area contributed by atoms with E-state index in [9.17, 15) is 15.2 Å². The normalized spacial score (nSPS) is 13.8. The molecule has 0 radical (unpaired) electrons. The van der Waals surface area contributed by atoms with Gasteiger partial charge in [0, 0.05) is 29.7 Å². The van der Waals surface area contributed by atoms with Crippen molar-refractivity contribution in [3.8, 4) is 0 Å². The lowest BCUT2D eigenvalue weighted by atomic mass is 10.0. The summed E-state index contributed by atoms with van der Waals surface area (Å²) in [6.45, 7) is 2.36. The van der Waals surface area contributed by atoms with E-state index in [1.807, 2.05) is 24.9 Å². The SMILES string of the molecule is C[C@@H](c1cccc([N+](=O)[O-])c1)N(C)C[C@@H](O)c1ccc(Cl)cc1. The number of nitrogens with zero attached hydrogens (tertiary/aromatic N) is 2. The second kappa shape index (κ2) is 7.55. The predicted octanol–water partition coefficient (Wildman–Crippen LogP) is 3.97. The maximum Gasteiger partial charge on any atom is 0.269 e. The molecule has 0 aromatic heterocycles. The number of likely N-dealkylation sites (N-methyl/N-ethyl adjacent to an activating group) is 1. The van der Waals surface area contributed by atoms with Gasteiger partial charge in [0.25, 0.3) is 5.69 Å². The van der Waals surface area contributed by atoms with Crippen LogP contribution < -0.4 is 0 Å². The average molecular weight is 335 g/mol. The Bertz CT molecular complexity index is 676. The van der Waals surface area contributed by atoms with Crippen LogP contribution in [-0.4, -0.2) is 28.5 Å². The van der Waals surface area contributed by atoms with Gasteiger partial charge in [-0.25, -0.2) is 0 Å². The maximum absolute atomic E-state index is 10.9. The highest BCUT2D eigenvalue weighted by Crippen LogP contribution is 2.25. The van der Waals surface area contributed by atoms with Crippen molar-refractivity contribution in [2.45, 2.75) is 19.1 Å². The van der Waals surface area contributed by atoms with Crippen LogP contribution in [0.2, 0.25) is 5.02 Å². The minimum atomic E-state index is -0.654. The molecule has 0 saturated carbocycles. The van der Waals surface area contributed by atoms with E-state index in [-0.39, 0.29) is 11.7 Å². The number of nitro benzene ring substituents is 1. The van der Waals surface area contributed by atoms with Gasteiger partial charge in [-0.2, -0.15) is 0 Å². The first-order valence-electron chi connectivity index (χ1n) is 7.26. The van der Waals surface area contributed by atoms with E-state index in [0.29, 0.717) is 11.6 Å². The van der Waals surface area contributed by atoms with Crippen molar-refractivity contribution < 1.29 is 10.0 Å². The molecule has 0 saturated heterocycles. The van der Waals surface area contributed by atoms with Gasteiger partial charge in [0.15, 0.2) is 0 Å². The number of halogens is 1. The van der Waals surface area contributed by atoms with Gasteiger partial charge >= 0.3 is 0 Å². The molecule has 2 rings (SSSR count). The molecule has 0 heterocycles. The summed E-state index contributed by atoms with van der Waals surface area (Å²) >= 11 is 5.85. The summed E-state index contributed by atoms with van der Waals surface area (Å²) in [5.74, 6) is 0. The quantitative estimate of drug-likeness (QED) is 0.641. The Balaban J connectivity index is 2.07. The molecule has 0 amide bonds. The molecular weight excluding hydrogens is 316 g/mol. The van der Waals surface area contributed by atoms with Gasteiger partial charge in [-0.1, -0.05) is 35.9 Å². The van der Waals surface area contributed by atoms with Gasteiger partial charge in [-0.05, 0) is 37.2 Å². The number of nitro groups is 1. The molecule has 0 aliphatic carbocycles. The Morgan fingerprint density at radius 1 is 1.22 bits per heavy atom. The Morgan fingerprint density at radius 3 is 2.48 bits per heavy atom. The Morgan fingerprint density at radius 2 is 1.87 bits per heavy atom. The van der Waals surface area contributed by atoms with Crippen molar-refractivity contribution in [2.75, 3.05) is 13.6 Å². The highest BCUT2D eigenvalue weighted by molar-refractivity contribution is 6.30. The number of hydrogen-bond acceptors (Lipinski definition) is 4. The van der Waals surface area contributed by atoms with Crippen LogP contribution in [0.15, 0.2) is 48.5 Å². The minimum Gasteiger partial charge on any atom is -0.387 e. The largest absolute Gasteiger partial charge is 0.387 e. The first-order valence-corrected chi connectivity index (χ1v) is 7.64. The average Bonchev–Trinajstić information content (AvgIpc) is 2.54. The smallest absolute Gasteiger partial charge is 0.269 e. The third-order valence-electron chi connectivity index (χ3n) is 3.94. The van der Waals surface area contributed by atoms with Crippen LogP contribution in [0.5, 0.6) is 0 Å². The topological polar surface area (TPSA) is 66.6 Å². The molecule has 5 nitrogen and oxygen atoms in total. The number of rotatable bonds is 6. The molecule has 0 fully saturated rings. The van der Waals surface area contributed by atoms with Gasteiger partial charge in [0.2, 0.25) is 0 Å². The van der Waals surface area contributed by atoms with E-state index in [1.165, 1.54) is 6.07 Å². The summed E-state index contributed by atoms with van der Waals surface area (Å²) in [6.07, 6.45) is -0.654. The maximum atomic E-state index is 10.9. The van der Waals surface area contributed by atoms with Crippen molar-refractivity contribution in [3.63, 3.8) is 0 Å². The van der Waals surface area contributed by atoms with Crippen LogP contribution in [0.4, 0.5) is 5.69 Å². The van der Waals surface area contributed by atoms with E-state index in [2.05, 4.69) is 0 Å². The molecule has 0 bridgehead atoms. The molecule has 0 aliphatic heterocycles. The molecule has 2 aromatic carbocycles. The summed E-state index contributed by atoms with van der Waals surface area (Å²) in [6, 6.07) is 13.6. The van der Waals surface area contributed by atoms with E-state index < -0.39 is 11.0 Å². The number of hydrogen-bond donors (Lipinski definition) is 1. The number of aliphatic hydroxyl groups excluding tert-OH is 1. The molecule has 0 spiro atoms. The fraction of sp³-hybridized carbons (Fsp3) is 0.294. The fourth-order valence-electron chi connectivity index (χ4n) is 2.37. The summed E-state index contributed by atoms with van der Waals surface area (Å²) in [7, 11) is 1.88. The van der Waals surface area contributed by atoms with E-state index >= 15 is 0 Å². The molecule has 0 unspecified atom stereocenters. The predicted molar refractivity (Wildman–Crippen MR) is 90.6 cm³/mol. The van der Waals surface area contributed by atoms with Crippen LogP contribution in [-0.2, 0) is 0 Å². The third-order valence-corrected chi connectivity index (χ3v) is 4.19. The molecule has 2 aromatic rings. The Kier molecular flexibility index (Phi) is 5.71. The Hall–Kier alpha value is -1.95. The molecule has 1 N–H and O–H groups in total. The summed E-state index contributed by atoms with van der Waals surface area (Å²) < 4.78 is 0. The van der Waals surface area contributed by atoms with Crippen LogP contribution >= 0.6 is 11.6 Å². The zero-order chi connectivity index (χ0) is 17.0. The van der Waals surface area contributed by atoms with Crippen LogP contribution in [0.1, 0.15) is 30.2 Å². The molecule has 2 atom stereocenters. The van der Waals surface area contributed by atoms with Gasteiger partial charge < -0.3 is 5.11 Å². The lowest BCUT2D eigenvalue weighted by Gasteiger charge is -2.27. The van der Waals surface area contributed by atoms with E-state index in [0.717, 1.165) is 11.1 Å². The molecule has 23 heavy (non-hydrogen) atoms. The Labute approximate surface area is 140 Å². The van der Waals surface area contributed by atoms with Gasteiger partial charge in [-0.15, -0.1) is 0 Å². The van der Waals surface area contributed by atoms with Crippen molar-refractivity contribution in [3.05, 3.63) is 74.8 Å². The van der Waals surface area contributed by atoms with Gasteiger partial charge in [-0.3, -0.25) is 15.0 Å². The molecule has 122 valence electrons. The molecular formula is C17H19ClN2O3. The highest BCUT2D eigenvalue weighted by atomic mass is 35.5. The van der Waals surface area contributed by atoms with E-state index in [4.69, 9.17) is 11.6 Å². The number of non-ortho nitro benzene ring substituents is 1. The standard InChI is InChI=1S/C17H19ClN2O3/c1-12(14-4-3-5-16(10-14)20(22)23)19(2)11-17(21)13-6-8-15(18)9-7-13/h3-10,12,17,21H,11H2,1-2H3/t12-,17+/m0/s1. The van der Waals surface area contributed by atoms with Crippen molar-refractivity contribution >= 4 is 17.3 Å². The molecule has 6 heteroatoms. The van der Waals surface area contributed by atoms with Gasteiger partial charge in [0.1, 0.15) is 0 Å². The third kappa shape index (κ3) is 4.51. The van der Waals surface area contributed by atoms with Crippen LogP contribution in [0.25, 0.3) is 0 Å². The highest BCUT2D eigenvalue weighted by Gasteiger charge is 2.18. The summed E-state index contributed by atoms with van der Waals surface area (Å²) in [5.41, 5.74) is 1.69. The van der Waals surface area contributed by atoms with Crippen molar-refractivity contribution in [1.82, 2.24) is 4.90 Å². The summed E-state index contributed by atoms with van der Waals surface area (Å²) in [5, 5.41) is 21.8. The lowest BCUT2D eigenvalue weighted by Crippen LogP contribution is -2.27. The van der Waals surface area contributed by atoms with Crippen molar-refractivity contribution in [1.29, 1.82) is 0 Å². The monoisotopic (exact) mass is 334 g/mol. The van der Waals surface area contributed by atoms with Crippen LogP contribution in [0, 0.1) is 10.1 Å². The fourth-order valence-corrected chi connectivity index (χ4v) is 2.50. The minimum absolute atomic E-state index is 0.0585. The van der Waals surface area contributed by atoms with Gasteiger partial charge in [0.05, 0.1) is 11.0 Å². The van der Waals surface area contributed by atoms with E-state index in [1.54, 1.807) is 36.4 Å². The second-order valence-corrected chi connectivity index (χ2v) is 5.97. The zero-order valence-electron chi connectivity index (χ0n) is 13.0. The first kappa shape index (κ1) is 17.4. The zero-order valence-corrected chi connectivity index (χ0v) is 13.8. The number of benzene rings is 2. The first-order chi connectivity index (χ1) is 10.9. The number of aliphatic hydroxyl groups is 1. The summed E-state index contributed by atoms with van der Waals surface area (Å²) in [4.78, 5) is 12.4. The lowest BCUT2D eigenvalue weighted by molar-refractivity contribution is -0.384. The van der Waals surface area contributed by atoms with Crippen molar-refractivity contribution in [2.24, 2.45) is 0 Å². The van der Waals surface area contributed by atoms with Crippen LogP contribution in [0.3, 0.4) is 0 Å². The molecule has 0 aliphatic rings. The second-order valence-electron chi connectivity index (χ2n) is 5.53.